The standard InChI is InChI=1S/C9H13N3O2/c1-3-14-9(13)5-10-8-4-7(2)11-6-12-8/h4,6H,3,5H2,1-2H3,(H,10,11,12). The van der Waals surface area contributed by atoms with E-state index >= 15 is 0 Å². The Morgan fingerprint density at radius 2 is 2.36 bits per heavy atom. The zero-order chi connectivity index (χ0) is 10.4. The molecule has 1 aromatic heterocycles. The van der Waals surface area contributed by atoms with Crippen LogP contribution in [0.15, 0.2) is 12.4 Å². The Morgan fingerprint density at radius 1 is 1.57 bits per heavy atom. The number of esters is 1. The summed E-state index contributed by atoms with van der Waals surface area (Å²) in [6.07, 6.45) is 1.45. The summed E-state index contributed by atoms with van der Waals surface area (Å²) in [5, 5.41) is 2.84. The normalized spacial score (nSPS) is 9.57. The molecule has 0 aliphatic heterocycles. The van der Waals surface area contributed by atoms with Crippen molar-refractivity contribution in [3.05, 3.63) is 18.1 Å². The Kier molecular flexibility index (Phi) is 3.84. The van der Waals surface area contributed by atoms with Crippen LogP contribution in [-0.4, -0.2) is 29.1 Å². The molecular formula is C9H13N3O2. The van der Waals surface area contributed by atoms with E-state index in [2.05, 4.69) is 15.3 Å². The number of rotatable bonds is 4. The van der Waals surface area contributed by atoms with Crippen LogP contribution in [0.3, 0.4) is 0 Å². The Bertz CT molecular complexity index is 315. The van der Waals surface area contributed by atoms with Gasteiger partial charge in [-0.2, -0.15) is 0 Å². The number of anilines is 1. The summed E-state index contributed by atoms with van der Waals surface area (Å²) in [4.78, 5) is 18.9. The Labute approximate surface area is 82.5 Å². The number of carbonyl (C=O) groups excluding carboxylic acids is 1. The highest BCUT2D eigenvalue weighted by molar-refractivity contribution is 5.74. The minimum Gasteiger partial charge on any atom is -0.465 e. The van der Waals surface area contributed by atoms with Crippen LogP contribution in [-0.2, 0) is 9.53 Å². The Balaban J connectivity index is 2.41. The van der Waals surface area contributed by atoms with Crippen LogP contribution in [0.1, 0.15) is 12.6 Å². The molecule has 0 saturated heterocycles. The Hall–Kier alpha value is -1.65. The van der Waals surface area contributed by atoms with Crippen LogP contribution in [0, 0.1) is 6.92 Å². The first-order valence-corrected chi connectivity index (χ1v) is 4.40. The van der Waals surface area contributed by atoms with Gasteiger partial charge >= 0.3 is 5.97 Å². The molecule has 14 heavy (non-hydrogen) atoms. The molecule has 1 rings (SSSR count). The molecule has 0 aliphatic carbocycles. The van der Waals surface area contributed by atoms with E-state index in [1.807, 2.05) is 6.92 Å². The van der Waals surface area contributed by atoms with Crippen molar-refractivity contribution in [3.8, 4) is 0 Å². The van der Waals surface area contributed by atoms with E-state index in [1.54, 1.807) is 13.0 Å². The fraction of sp³-hybridized carbons (Fsp3) is 0.444. The molecule has 0 saturated carbocycles. The third-order valence-corrected chi connectivity index (χ3v) is 1.52. The van der Waals surface area contributed by atoms with Gasteiger partial charge in [0, 0.05) is 11.8 Å². The molecular weight excluding hydrogens is 182 g/mol. The first kappa shape index (κ1) is 10.4. The lowest BCUT2D eigenvalue weighted by Crippen LogP contribution is -2.17. The topological polar surface area (TPSA) is 64.1 Å². The molecule has 1 heterocycles. The highest BCUT2D eigenvalue weighted by Gasteiger charge is 2.01. The van der Waals surface area contributed by atoms with Crippen LogP contribution in [0.25, 0.3) is 0 Å². The van der Waals surface area contributed by atoms with Gasteiger partial charge in [0.05, 0.1) is 6.61 Å². The molecule has 0 aliphatic rings. The summed E-state index contributed by atoms with van der Waals surface area (Å²) in [6, 6.07) is 1.76. The van der Waals surface area contributed by atoms with Crippen molar-refractivity contribution in [2.45, 2.75) is 13.8 Å². The van der Waals surface area contributed by atoms with Crippen molar-refractivity contribution in [3.63, 3.8) is 0 Å². The van der Waals surface area contributed by atoms with Crippen molar-refractivity contribution in [2.24, 2.45) is 0 Å². The van der Waals surface area contributed by atoms with Crippen LogP contribution >= 0.6 is 0 Å². The molecule has 5 nitrogen and oxygen atoms in total. The van der Waals surface area contributed by atoms with Gasteiger partial charge < -0.3 is 10.1 Å². The first-order chi connectivity index (χ1) is 6.72. The summed E-state index contributed by atoms with van der Waals surface area (Å²) in [7, 11) is 0. The van der Waals surface area contributed by atoms with Crippen molar-refractivity contribution in [2.75, 3.05) is 18.5 Å². The average Bonchev–Trinajstić information content (AvgIpc) is 2.15. The number of carbonyl (C=O) groups is 1. The molecule has 0 unspecified atom stereocenters. The van der Waals surface area contributed by atoms with E-state index in [1.165, 1.54) is 6.33 Å². The van der Waals surface area contributed by atoms with E-state index in [0.717, 1.165) is 5.69 Å². The molecule has 0 amide bonds. The molecule has 1 N–H and O–H groups in total. The summed E-state index contributed by atoms with van der Waals surface area (Å²) in [6.45, 7) is 4.15. The number of ether oxygens (including phenoxy) is 1. The zero-order valence-corrected chi connectivity index (χ0v) is 8.28. The Morgan fingerprint density at radius 3 is 3.00 bits per heavy atom. The molecule has 0 radical (unpaired) electrons. The van der Waals surface area contributed by atoms with E-state index in [0.29, 0.717) is 12.4 Å². The van der Waals surface area contributed by atoms with Gasteiger partial charge in [-0.25, -0.2) is 9.97 Å². The maximum atomic E-state index is 11.0. The monoisotopic (exact) mass is 195 g/mol. The number of aromatic nitrogens is 2. The van der Waals surface area contributed by atoms with Gasteiger partial charge in [-0.15, -0.1) is 0 Å². The number of nitrogens with zero attached hydrogens (tertiary/aromatic N) is 2. The third-order valence-electron chi connectivity index (χ3n) is 1.52. The fourth-order valence-electron chi connectivity index (χ4n) is 0.926. The SMILES string of the molecule is CCOC(=O)CNc1cc(C)ncn1. The van der Waals surface area contributed by atoms with E-state index < -0.39 is 0 Å². The zero-order valence-electron chi connectivity index (χ0n) is 8.28. The van der Waals surface area contributed by atoms with Crippen LogP contribution in [0.2, 0.25) is 0 Å². The lowest BCUT2D eigenvalue weighted by atomic mass is 10.4. The van der Waals surface area contributed by atoms with Crippen LogP contribution in [0.4, 0.5) is 5.82 Å². The third kappa shape index (κ3) is 3.38. The van der Waals surface area contributed by atoms with E-state index in [-0.39, 0.29) is 12.5 Å². The number of hydrogen-bond donors (Lipinski definition) is 1. The lowest BCUT2D eigenvalue weighted by molar-refractivity contribution is -0.140. The van der Waals surface area contributed by atoms with Crippen molar-refractivity contribution < 1.29 is 9.53 Å². The maximum Gasteiger partial charge on any atom is 0.325 e. The van der Waals surface area contributed by atoms with Gasteiger partial charge in [0.25, 0.3) is 0 Å². The van der Waals surface area contributed by atoms with Gasteiger partial charge in [0.2, 0.25) is 0 Å². The molecule has 5 heteroatoms. The molecule has 0 atom stereocenters. The summed E-state index contributed by atoms with van der Waals surface area (Å²) in [5.41, 5.74) is 0.853. The van der Waals surface area contributed by atoms with Gasteiger partial charge in [-0.1, -0.05) is 0 Å². The predicted molar refractivity (Wildman–Crippen MR) is 51.9 cm³/mol. The molecule has 0 spiro atoms. The molecule has 0 bridgehead atoms. The molecule has 0 aromatic carbocycles. The van der Waals surface area contributed by atoms with Crippen LogP contribution in [0.5, 0.6) is 0 Å². The number of aryl methyl sites for hydroxylation is 1. The van der Waals surface area contributed by atoms with Gasteiger partial charge in [-0.3, -0.25) is 4.79 Å². The van der Waals surface area contributed by atoms with Crippen molar-refractivity contribution in [1.29, 1.82) is 0 Å². The fourth-order valence-corrected chi connectivity index (χ4v) is 0.926. The van der Waals surface area contributed by atoms with Gasteiger partial charge in [0.1, 0.15) is 18.7 Å². The van der Waals surface area contributed by atoms with Gasteiger partial charge in [-0.05, 0) is 13.8 Å². The minimum absolute atomic E-state index is 0.129. The second-order valence-corrected chi connectivity index (χ2v) is 2.70. The second kappa shape index (κ2) is 5.16. The van der Waals surface area contributed by atoms with Crippen molar-refractivity contribution in [1.82, 2.24) is 9.97 Å². The molecule has 76 valence electrons. The number of nitrogens with one attached hydrogen (secondary N) is 1. The quantitative estimate of drug-likeness (QED) is 0.718. The average molecular weight is 195 g/mol. The number of hydrogen-bond acceptors (Lipinski definition) is 5. The second-order valence-electron chi connectivity index (χ2n) is 2.70. The van der Waals surface area contributed by atoms with Crippen molar-refractivity contribution >= 4 is 11.8 Å². The largest absolute Gasteiger partial charge is 0.465 e. The van der Waals surface area contributed by atoms with Gasteiger partial charge in [0.15, 0.2) is 0 Å². The predicted octanol–water partition coefficient (Wildman–Crippen LogP) is 0.760. The highest BCUT2D eigenvalue weighted by atomic mass is 16.5. The summed E-state index contributed by atoms with van der Waals surface area (Å²) < 4.78 is 4.75. The highest BCUT2D eigenvalue weighted by Crippen LogP contribution is 2.01. The smallest absolute Gasteiger partial charge is 0.325 e. The van der Waals surface area contributed by atoms with E-state index in [9.17, 15) is 4.79 Å². The summed E-state index contributed by atoms with van der Waals surface area (Å²) >= 11 is 0. The molecule has 1 aromatic rings. The first-order valence-electron chi connectivity index (χ1n) is 4.40. The van der Waals surface area contributed by atoms with E-state index in [4.69, 9.17) is 4.74 Å². The lowest BCUT2D eigenvalue weighted by Gasteiger charge is -2.04. The maximum absolute atomic E-state index is 11.0. The summed E-state index contributed by atoms with van der Waals surface area (Å²) in [5.74, 6) is 0.342. The minimum atomic E-state index is -0.288. The molecule has 0 fully saturated rings. The van der Waals surface area contributed by atoms with Crippen LogP contribution < -0.4 is 5.32 Å².